The average Bonchev–Trinajstić information content (AvgIpc) is 3.37. The molecule has 1 aromatic heterocycles. The third-order valence-corrected chi connectivity index (χ3v) is 6.74. The number of fused-ring (bicyclic) bond motifs is 1. The van der Waals surface area contributed by atoms with Gasteiger partial charge in [-0.1, -0.05) is 24.3 Å². The Labute approximate surface area is 177 Å². The third-order valence-electron chi connectivity index (χ3n) is 6.74. The molecule has 6 heteroatoms. The fourth-order valence-electron chi connectivity index (χ4n) is 4.44. The van der Waals surface area contributed by atoms with Gasteiger partial charge in [0.05, 0.1) is 16.7 Å². The number of likely N-dealkylation sites (N-methyl/N-ethyl adjacent to an activating group) is 1. The minimum Gasteiger partial charge on any atom is -0.368 e. The van der Waals surface area contributed by atoms with Crippen LogP contribution in [0, 0.1) is 6.92 Å². The van der Waals surface area contributed by atoms with Crippen LogP contribution in [0.25, 0.3) is 10.9 Å². The van der Waals surface area contributed by atoms with Gasteiger partial charge in [0.1, 0.15) is 0 Å². The van der Waals surface area contributed by atoms with Gasteiger partial charge in [0.2, 0.25) is 0 Å². The highest BCUT2D eigenvalue weighted by atomic mass is 16.1. The maximum Gasteiger partial charge on any atom is 0.252 e. The van der Waals surface area contributed by atoms with E-state index < -0.39 is 0 Å². The van der Waals surface area contributed by atoms with Gasteiger partial charge in [0, 0.05) is 42.8 Å². The molecule has 0 spiro atoms. The number of para-hydroxylation sites is 1. The Balaban J connectivity index is 1.40. The molecule has 1 amide bonds. The standard InChI is InChI=1S/C24H29N5O/c1-16-9-10-17(29-14-18(15-29)27(2)3)13-20(16)23(30)25-24(11-12-24)22-19-7-5-6-8-21(19)28(4)26-22/h5-10,13,18H,11-12,14-15H2,1-4H3,(H,25,30). The number of hydrogen-bond acceptors (Lipinski definition) is 4. The molecule has 6 nitrogen and oxygen atoms in total. The molecule has 1 saturated carbocycles. The zero-order chi connectivity index (χ0) is 21.0. The third kappa shape index (κ3) is 3.06. The van der Waals surface area contributed by atoms with Gasteiger partial charge in [0.15, 0.2) is 0 Å². The summed E-state index contributed by atoms with van der Waals surface area (Å²) in [6.45, 7) is 4.01. The average molecular weight is 404 g/mol. The van der Waals surface area contributed by atoms with Gasteiger partial charge in [-0.15, -0.1) is 0 Å². The molecule has 2 aliphatic rings. The number of carbonyl (C=O) groups is 1. The van der Waals surface area contributed by atoms with Crippen LogP contribution in [-0.4, -0.2) is 53.8 Å². The SMILES string of the molecule is Cc1ccc(N2CC(N(C)C)C2)cc1C(=O)NC1(c2nn(C)c3ccccc23)CC1. The topological polar surface area (TPSA) is 53.4 Å². The maximum atomic E-state index is 13.3. The first-order valence-corrected chi connectivity index (χ1v) is 10.6. The largest absolute Gasteiger partial charge is 0.368 e. The van der Waals surface area contributed by atoms with Gasteiger partial charge in [-0.05, 0) is 57.6 Å². The van der Waals surface area contributed by atoms with Crippen LogP contribution in [-0.2, 0) is 12.6 Å². The maximum absolute atomic E-state index is 13.3. The monoisotopic (exact) mass is 403 g/mol. The molecule has 2 heterocycles. The second-order valence-corrected chi connectivity index (χ2v) is 9.05. The van der Waals surface area contributed by atoms with Crippen molar-refractivity contribution in [3.63, 3.8) is 0 Å². The molecular formula is C24H29N5O. The number of nitrogens with one attached hydrogen (secondary N) is 1. The van der Waals surface area contributed by atoms with Crippen molar-refractivity contribution in [2.45, 2.75) is 31.3 Å². The predicted molar refractivity (Wildman–Crippen MR) is 120 cm³/mol. The van der Waals surface area contributed by atoms with E-state index in [0.29, 0.717) is 6.04 Å². The normalized spacial score (nSPS) is 18.0. The first kappa shape index (κ1) is 19.1. The lowest BCUT2D eigenvalue weighted by molar-refractivity contribution is 0.0929. The molecule has 30 heavy (non-hydrogen) atoms. The first-order valence-electron chi connectivity index (χ1n) is 10.6. The van der Waals surface area contributed by atoms with Crippen LogP contribution in [0.1, 0.15) is 34.5 Å². The number of nitrogens with zero attached hydrogens (tertiary/aromatic N) is 4. The summed E-state index contributed by atoms with van der Waals surface area (Å²) in [5.74, 6) is -0.00809. The Morgan fingerprint density at radius 3 is 2.60 bits per heavy atom. The number of amides is 1. The quantitative estimate of drug-likeness (QED) is 0.711. The van der Waals surface area contributed by atoms with E-state index in [1.807, 2.05) is 36.9 Å². The molecule has 1 N–H and O–H groups in total. The number of aromatic nitrogens is 2. The Morgan fingerprint density at radius 1 is 1.17 bits per heavy atom. The van der Waals surface area contributed by atoms with Gasteiger partial charge < -0.3 is 15.1 Å². The minimum atomic E-state index is -0.354. The fraction of sp³-hybridized carbons (Fsp3) is 0.417. The van der Waals surface area contributed by atoms with E-state index in [1.54, 1.807) is 0 Å². The van der Waals surface area contributed by atoms with E-state index in [0.717, 1.165) is 59.3 Å². The lowest BCUT2D eigenvalue weighted by atomic mass is 10.0. The Kier molecular flexibility index (Phi) is 4.36. The lowest BCUT2D eigenvalue weighted by Crippen LogP contribution is -2.57. The molecule has 156 valence electrons. The summed E-state index contributed by atoms with van der Waals surface area (Å²) in [4.78, 5) is 17.9. The summed E-state index contributed by atoms with van der Waals surface area (Å²) in [6.07, 6.45) is 1.85. The summed E-state index contributed by atoms with van der Waals surface area (Å²) < 4.78 is 1.91. The van der Waals surface area contributed by atoms with Crippen molar-refractivity contribution in [2.75, 3.05) is 32.1 Å². The first-order chi connectivity index (χ1) is 14.4. The number of rotatable bonds is 5. The highest BCUT2D eigenvalue weighted by Gasteiger charge is 2.49. The van der Waals surface area contributed by atoms with Crippen LogP contribution in [0.3, 0.4) is 0 Å². The number of hydrogen-bond donors (Lipinski definition) is 1. The molecule has 2 aromatic carbocycles. The summed E-state index contributed by atoms with van der Waals surface area (Å²) in [6, 6.07) is 15.0. The van der Waals surface area contributed by atoms with E-state index in [4.69, 9.17) is 5.10 Å². The van der Waals surface area contributed by atoms with Crippen LogP contribution in [0.2, 0.25) is 0 Å². The van der Waals surface area contributed by atoms with E-state index in [1.165, 1.54) is 0 Å². The summed E-state index contributed by atoms with van der Waals surface area (Å²) in [5.41, 5.74) is 4.61. The summed E-state index contributed by atoms with van der Waals surface area (Å²) in [7, 11) is 6.20. The Bertz CT molecular complexity index is 1120. The van der Waals surface area contributed by atoms with Crippen molar-refractivity contribution in [3.05, 3.63) is 59.3 Å². The van der Waals surface area contributed by atoms with Crippen LogP contribution in [0.5, 0.6) is 0 Å². The van der Waals surface area contributed by atoms with Crippen molar-refractivity contribution < 1.29 is 4.79 Å². The van der Waals surface area contributed by atoms with Crippen molar-refractivity contribution in [2.24, 2.45) is 7.05 Å². The Hall–Kier alpha value is -2.86. The Morgan fingerprint density at radius 2 is 1.90 bits per heavy atom. The molecule has 2 fully saturated rings. The van der Waals surface area contributed by atoms with Gasteiger partial charge in [-0.3, -0.25) is 9.48 Å². The number of benzene rings is 2. The van der Waals surface area contributed by atoms with Crippen LogP contribution >= 0.6 is 0 Å². The fourth-order valence-corrected chi connectivity index (χ4v) is 4.44. The van der Waals surface area contributed by atoms with E-state index >= 15 is 0 Å². The zero-order valence-electron chi connectivity index (χ0n) is 18.1. The van der Waals surface area contributed by atoms with Crippen LogP contribution in [0.15, 0.2) is 42.5 Å². The molecule has 0 bridgehead atoms. The molecule has 0 atom stereocenters. The summed E-state index contributed by atoms with van der Waals surface area (Å²) >= 11 is 0. The highest BCUT2D eigenvalue weighted by molar-refractivity contribution is 5.98. The molecule has 5 rings (SSSR count). The smallest absolute Gasteiger partial charge is 0.252 e. The van der Waals surface area contributed by atoms with Crippen molar-refractivity contribution in [1.29, 1.82) is 0 Å². The molecule has 1 saturated heterocycles. The van der Waals surface area contributed by atoms with Crippen molar-refractivity contribution >= 4 is 22.5 Å². The van der Waals surface area contributed by atoms with Gasteiger partial charge in [-0.25, -0.2) is 0 Å². The highest BCUT2D eigenvalue weighted by Crippen LogP contribution is 2.47. The molecule has 1 aliphatic carbocycles. The zero-order valence-corrected chi connectivity index (χ0v) is 18.1. The van der Waals surface area contributed by atoms with Crippen LogP contribution in [0.4, 0.5) is 5.69 Å². The second-order valence-electron chi connectivity index (χ2n) is 9.05. The molecule has 1 aliphatic heterocycles. The second kappa shape index (κ2) is 6.84. The predicted octanol–water partition coefficient (Wildman–Crippen LogP) is 3.05. The van der Waals surface area contributed by atoms with Gasteiger partial charge in [-0.2, -0.15) is 5.10 Å². The molecule has 3 aromatic rings. The van der Waals surface area contributed by atoms with Gasteiger partial charge >= 0.3 is 0 Å². The lowest BCUT2D eigenvalue weighted by Gasteiger charge is -2.44. The van der Waals surface area contributed by atoms with Crippen molar-refractivity contribution in [3.8, 4) is 0 Å². The molecule has 0 unspecified atom stereocenters. The molecular weight excluding hydrogens is 374 g/mol. The number of anilines is 1. The van der Waals surface area contributed by atoms with E-state index in [-0.39, 0.29) is 11.4 Å². The molecule has 0 radical (unpaired) electrons. The summed E-state index contributed by atoms with van der Waals surface area (Å²) in [5, 5.41) is 9.23. The van der Waals surface area contributed by atoms with Crippen LogP contribution < -0.4 is 10.2 Å². The van der Waals surface area contributed by atoms with Crippen molar-refractivity contribution in [1.82, 2.24) is 20.0 Å². The number of carbonyl (C=O) groups excluding carboxylic acids is 1. The number of aryl methyl sites for hydroxylation is 2. The van der Waals surface area contributed by atoms with E-state index in [9.17, 15) is 4.79 Å². The van der Waals surface area contributed by atoms with Gasteiger partial charge in [0.25, 0.3) is 5.91 Å². The van der Waals surface area contributed by atoms with E-state index in [2.05, 4.69) is 53.5 Å². The minimum absolute atomic E-state index is 0.00809.